The van der Waals surface area contributed by atoms with Crippen molar-refractivity contribution in [2.75, 3.05) is 7.05 Å². The normalized spacial score (nSPS) is 14.7. The van der Waals surface area contributed by atoms with E-state index in [9.17, 15) is 4.79 Å². The van der Waals surface area contributed by atoms with Crippen LogP contribution in [0.25, 0.3) is 10.9 Å². The number of hydrogen-bond donors (Lipinski definition) is 2. The third kappa shape index (κ3) is 3.02. The van der Waals surface area contributed by atoms with Gasteiger partial charge in [-0.25, -0.2) is 0 Å². The van der Waals surface area contributed by atoms with E-state index < -0.39 is 0 Å². The Labute approximate surface area is 119 Å². The van der Waals surface area contributed by atoms with Gasteiger partial charge < -0.3 is 15.2 Å². The van der Waals surface area contributed by atoms with Gasteiger partial charge in [-0.2, -0.15) is 0 Å². The molecule has 1 saturated carbocycles. The number of amides is 1. The van der Waals surface area contributed by atoms with Gasteiger partial charge in [0.2, 0.25) is 5.91 Å². The fraction of sp³-hybridized carbons (Fsp3) is 0.438. The molecule has 0 spiro atoms. The van der Waals surface area contributed by atoms with Crippen LogP contribution in [-0.2, 0) is 17.9 Å². The number of benzene rings is 1. The minimum Gasteiger partial charge on any atom is -0.353 e. The quantitative estimate of drug-likeness (QED) is 0.844. The first-order chi connectivity index (χ1) is 9.76. The summed E-state index contributed by atoms with van der Waals surface area (Å²) in [5, 5.41) is 7.43. The van der Waals surface area contributed by atoms with E-state index in [-0.39, 0.29) is 5.91 Å². The average molecular weight is 271 g/mol. The van der Waals surface area contributed by atoms with E-state index in [1.165, 1.54) is 16.5 Å². The first-order valence-electron chi connectivity index (χ1n) is 7.28. The minimum atomic E-state index is 0.167. The maximum atomic E-state index is 11.8. The van der Waals surface area contributed by atoms with Crippen LogP contribution in [0, 0.1) is 0 Å². The first kappa shape index (κ1) is 13.2. The fourth-order valence-corrected chi connectivity index (χ4v) is 2.49. The molecule has 1 fully saturated rings. The van der Waals surface area contributed by atoms with E-state index in [4.69, 9.17) is 0 Å². The molecule has 4 nitrogen and oxygen atoms in total. The molecule has 2 aromatic rings. The second kappa shape index (κ2) is 5.67. The molecule has 1 amide bonds. The standard InChI is InChI=1S/C16H21N3O/c1-17-11-12-2-3-13-6-8-19(15(13)10-12)9-7-16(20)18-14-4-5-14/h2-3,6,8,10,14,17H,4-5,7,9,11H2,1H3,(H,18,20). The van der Waals surface area contributed by atoms with Crippen molar-refractivity contribution in [3.63, 3.8) is 0 Å². The monoisotopic (exact) mass is 271 g/mol. The Morgan fingerprint density at radius 1 is 1.35 bits per heavy atom. The molecule has 0 bridgehead atoms. The molecule has 0 unspecified atom stereocenters. The van der Waals surface area contributed by atoms with Crippen LogP contribution in [-0.4, -0.2) is 23.6 Å². The van der Waals surface area contributed by atoms with E-state index in [1.807, 2.05) is 7.05 Å². The lowest BCUT2D eigenvalue weighted by Gasteiger charge is -2.07. The number of carbonyl (C=O) groups is 1. The van der Waals surface area contributed by atoms with Crippen molar-refractivity contribution >= 4 is 16.8 Å². The number of rotatable bonds is 6. The van der Waals surface area contributed by atoms with E-state index in [0.29, 0.717) is 12.5 Å². The molecule has 3 rings (SSSR count). The van der Waals surface area contributed by atoms with Crippen molar-refractivity contribution in [2.45, 2.75) is 38.4 Å². The lowest BCUT2D eigenvalue weighted by molar-refractivity contribution is -0.121. The minimum absolute atomic E-state index is 0.167. The summed E-state index contributed by atoms with van der Waals surface area (Å²) in [5.41, 5.74) is 2.47. The molecule has 0 saturated heterocycles. The van der Waals surface area contributed by atoms with Crippen LogP contribution in [0.2, 0.25) is 0 Å². The van der Waals surface area contributed by atoms with Gasteiger partial charge in [-0.05, 0) is 43.0 Å². The smallest absolute Gasteiger partial charge is 0.222 e. The molecule has 2 N–H and O–H groups in total. The molecule has 0 aliphatic heterocycles. The summed E-state index contributed by atoms with van der Waals surface area (Å²) in [6, 6.07) is 9.04. The van der Waals surface area contributed by atoms with Crippen LogP contribution in [0.15, 0.2) is 30.5 Å². The van der Waals surface area contributed by atoms with Crippen LogP contribution in [0.4, 0.5) is 0 Å². The van der Waals surface area contributed by atoms with Gasteiger partial charge in [0.1, 0.15) is 0 Å². The molecular formula is C16H21N3O. The van der Waals surface area contributed by atoms with Gasteiger partial charge in [0.15, 0.2) is 0 Å². The second-order valence-electron chi connectivity index (χ2n) is 5.52. The maximum Gasteiger partial charge on any atom is 0.222 e. The molecule has 0 radical (unpaired) electrons. The van der Waals surface area contributed by atoms with Gasteiger partial charge in [-0.15, -0.1) is 0 Å². The largest absolute Gasteiger partial charge is 0.353 e. The molecule has 1 aliphatic carbocycles. The molecule has 1 aliphatic rings. The SMILES string of the molecule is CNCc1ccc2ccn(CCC(=O)NC3CC3)c2c1. The molecular weight excluding hydrogens is 250 g/mol. The Balaban J connectivity index is 1.69. The van der Waals surface area contributed by atoms with E-state index in [0.717, 1.165) is 25.9 Å². The number of nitrogens with one attached hydrogen (secondary N) is 2. The molecule has 1 aromatic heterocycles. The van der Waals surface area contributed by atoms with Crippen molar-refractivity contribution in [2.24, 2.45) is 0 Å². The Morgan fingerprint density at radius 2 is 2.20 bits per heavy atom. The molecule has 0 atom stereocenters. The highest BCUT2D eigenvalue weighted by molar-refractivity contribution is 5.81. The van der Waals surface area contributed by atoms with Gasteiger partial charge in [0.05, 0.1) is 0 Å². The van der Waals surface area contributed by atoms with Crippen LogP contribution in [0.3, 0.4) is 0 Å². The van der Waals surface area contributed by atoms with Crippen molar-refractivity contribution in [1.82, 2.24) is 15.2 Å². The first-order valence-corrected chi connectivity index (χ1v) is 7.28. The molecule has 4 heteroatoms. The third-order valence-electron chi connectivity index (χ3n) is 3.74. The lowest BCUT2D eigenvalue weighted by Crippen LogP contribution is -2.26. The molecule has 1 aromatic carbocycles. The zero-order valence-corrected chi connectivity index (χ0v) is 11.9. The highest BCUT2D eigenvalue weighted by Crippen LogP contribution is 2.20. The topological polar surface area (TPSA) is 46.1 Å². The van der Waals surface area contributed by atoms with Gasteiger partial charge in [-0.3, -0.25) is 4.79 Å². The van der Waals surface area contributed by atoms with Crippen LogP contribution < -0.4 is 10.6 Å². The Morgan fingerprint density at radius 3 is 2.95 bits per heavy atom. The van der Waals surface area contributed by atoms with Gasteiger partial charge in [0.25, 0.3) is 0 Å². The van der Waals surface area contributed by atoms with Gasteiger partial charge in [0, 0.05) is 37.3 Å². The van der Waals surface area contributed by atoms with Crippen LogP contribution in [0.1, 0.15) is 24.8 Å². The summed E-state index contributed by atoms with van der Waals surface area (Å²) in [4.78, 5) is 11.8. The summed E-state index contributed by atoms with van der Waals surface area (Å²) in [5.74, 6) is 0.167. The number of fused-ring (bicyclic) bond motifs is 1. The summed E-state index contributed by atoms with van der Waals surface area (Å²) in [7, 11) is 1.95. The van der Waals surface area contributed by atoms with Crippen molar-refractivity contribution in [1.29, 1.82) is 0 Å². The van der Waals surface area contributed by atoms with Crippen molar-refractivity contribution in [3.8, 4) is 0 Å². The number of hydrogen-bond acceptors (Lipinski definition) is 2. The fourth-order valence-electron chi connectivity index (χ4n) is 2.49. The van der Waals surface area contributed by atoms with Gasteiger partial charge in [-0.1, -0.05) is 12.1 Å². The number of aryl methyl sites for hydroxylation is 1. The Hall–Kier alpha value is -1.81. The highest BCUT2D eigenvalue weighted by atomic mass is 16.1. The number of carbonyl (C=O) groups excluding carboxylic acids is 1. The zero-order chi connectivity index (χ0) is 13.9. The summed E-state index contributed by atoms with van der Waals surface area (Å²) in [6.07, 6.45) is 4.91. The Kier molecular flexibility index (Phi) is 3.74. The summed E-state index contributed by atoms with van der Waals surface area (Å²) in [6.45, 7) is 1.61. The highest BCUT2D eigenvalue weighted by Gasteiger charge is 2.22. The van der Waals surface area contributed by atoms with Crippen molar-refractivity contribution in [3.05, 3.63) is 36.0 Å². The van der Waals surface area contributed by atoms with Crippen LogP contribution >= 0.6 is 0 Å². The van der Waals surface area contributed by atoms with Gasteiger partial charge >= 0.3 is 0 Å². The average Bonchev–Trinajstić information content (AvgIpc) is 3.16. The maximum absolute atomic E-state index is 11.8. The predicted molar refractivity (Wildman–Crippen MR) is 80.5 cm³/mol. The summed E-state index contributed by atoms with van der Waals surface area (Å²) >= 11 is 0. The van der Waals surface area contributed by atoms with E-state index in [2.05, 4.69) is 45.7 Å². The number of aromatic nitrogens is 1. The molecule has 20 heavy (non-hydrogen) atoms. The summed E-state index contributed by atoms with van der Waals surface area (Å²) < 4.78 is 2.17. The lowest BCUT2D eigenvalue weighted by atomic mass is 10.1. The third-order valence-corrected chi connectivity index (χ3v) is 3.74. The van der Waals surface area contributed by atoms with Crippen LogP contribution in [0.5, 0.6) is 0 Å². The zero-order valence-electron chi connectivity index (χ0n) is 11.9. The molecule has 1 heterocycles. The number of nitrogens with zero attached hydrogens (tertiary/aromatic N) is 1. The molecule has 106 valence electrons. The second-order valence-corrected chi connectivity index (χ2v) is 5.52. The van der Waals surface area contributed by atoms with E-state index in [1.54, 1.807) is 0 Å². The van der Waals surface area contributed by atoms with Crippen molar-refractivity contribution < 1.29 is 4.79 Å². The van der Waals surface area contributed by atoms with E-state index >= 15 is 0 Å². The Bertz CT molecular complexity index is 613. The predicted octanol–water partition coefficient (Wildman–Crippen LogP) is 2.03.